The lowest BCUT2D eigenvalue weighted by atomic mass is 9.98. The molecule has 33 heavy (non-hydrogen) atoms. The Kier molecular flexibility index (Phi) is 8.96. The van der Waals surface area contributed by atoms with E-state index >= 15 is 0 Å². The van der Waals surface area contributed by atoms with Crippen molar-refractivity contribution in [3.63, 3.8) is 0 Å². The SMILES string of the molecule is O=C(O)CCCc1ccc(C(CCCC(F)(F)C(F)(F)F)NS(=O)(=O)c2ccccc2)cc1. The van der Waals surface area contributed by atoms with Crippen molar-refractivity contribution in [1.29, 1.82) is 0 Å². The summed E-state index contributed by atoms with van der Waals surface area (Å²) in [6.07, 6.45) is -7.16. The van der Waals surface area contributed by atoms with Gasteiger partial charge in [0, 0.05) is 18.9 Å². The van der Waals surface area contributed by atoms with E-state index < -0.39 is 47.0 Å². The van der Waals surface area contributed by atoms with Crippen LogP contribution in [0.15, 0.2) is 59.5 Å². The van der Waals surface area contributed by atoms with Gasteiger partial charge in [-0.2, -0.15) is 22.0 Å². The molecule has 2 aromatic rings. The minimum atomic E-state index is -5.68. The highest BCUT2D eigenvalue weighted by Gasteiger charge is 2.56. The van der Waals surface area contributed by atoms with Crippen LogP contribution in [0.3, 0.4) is 0 Å². The molecule has 0 fully saturated rings. The van der Waals surface area contributed by atoms with E-state index in [1.54, 1.807) is 30.3 Å². The smallest absolute Gasteiger partial charge is 0.453 e. The van der Waals surface area contributed by atoms with E-state index in [-0.39, 0.29) is 17.7 Å². The van der Waals surface area contributed by atoms with Crippen LogP contribution in [-0.2, 0) is 21.2 Å². The standard InChI is InChI=1S/C22H24F5NO4S/c23-21(24,22(25,26)27)15-5-9-19(28-33(31,32)18-7-2-1-3-8-18)17-13-11-16(12-14-17)6-4-10-20(29)30/h1-3,7-8,11-14,19,28H,4-6,9-10,15H2,(H,29,30). The van der Waals surface area contributed by atoms with E-state index in [4.69, 9.17) is 5.11 Å². The third-order valence-electron chi connectivity index (χ3n) is 4.99. The van der Waals surface area contributed by atoms with Crippen molar-refractivity contribution >= 4 is 16.0 Å². The first kappa shape index (κ1) is 26.7. The van der Waals surface area contributed by atoms with Crippen molar-refractivity contribution in [2.45, 2.75) is 61.6 Å². The van der Waals surface area contributed by atoms with Gasteiger partial charge in [-0.1, -0.05) is 42.5 Å². The number of carboxylic acid groups (broad SMARTS) is 1. The van der Waals surface area contributed by atoms with Gasteiger partial charge in [0.1, 0.15) is 0 Å². The Hall–Kier alpha value is -2.53. The minimum absolute atomic E-state index is 0.0192. The number of hydrogen-bond donors (Lipinski definition) is 2. The molecule has 0 bridgehead atoms. The average Bonchev–Trinajstić information content (AvgIpc) is 2.73. The first-order chi connectivity index (χ1) is 15.3. The van der Waals surface area contributed by atoms with Gasteiger partial charge in [-0.3, -0.25) is 4.79 Å². The van der Waals surface area contributed by atoms with E-state index in [0.717, 1.165) is 5.56 Å². The van der Waals surface area contributed by atoms with E-state index in [1.165, 1.54) is 24.3 Å². The Morgan fingerprint density at radius 2 is 1.55 bits per heavy atom. The number of carboxylic acids is 1. The lowest BCUT2D eigenvalue weighted by molar-refractivity contribution is -0.284. The van der Waals surface area contributed by atoms with Crippen LogP contribution in [0, 0.1) is 0 Å². The molecule has 0 aliphatic carbocycles. The first-order valence-corrected chi connectivity index (χ1v) is 11.6. The maximum Gasteiger partial charge on any atom is 0.453 e. The molecule has 5 nitrogen and oxygen atoms in total. The average molecular weight is 493 g/mol. The predicted octanol–water partition coefficient (Wildman–Crippen LogP) is 5.48. The van der Waals surface area contributed by atoms with E-state index in [1.807, 2.05) is 0 Å². The zero-order valence-corrected chi connectivity index (χ0v) is 18.3. The van der Waals surface area contributed by atoms with Gasteiger partial charge in [-0.25, -0.2) is 13.1 Å². The highest BCUT2D eigenvalue weighted by Crippen LogP contribution is 2.39. The maximum atomic E-state index is 13.3. The van der Waals surface area contributed by atoms with Crippen LogP contribution >= 0.6 is 0 Å². The van der Waals surface area contributed by atoms with Crippen molar-refractivity contribution < 1.29 is 40.3 Å². The molecule has 2 rings (SSSR count). The van der Waals surface area contributed by atoms with Gasteiger partial charge >= 0.3 is 18.1 Å². The number of rotatable bonds is 12. The molecule has 0 aliphatic heterocycles. The van der Waals surface area contributed by atoms with Gasteiger partial charge in [0.15, 0.2) is 0 Å². The number of hydrogen-bond acceptors (Lipinski definition) is 3. The molecule has 0 radical (unpaired) electrons. The topological polar surface area (TPSA) is 83.5 Å². The second-order valence-corrected chi connectivity index (χ2v) is 9.28. The number of aryl methyl sites for hydroxylation is 1. The summed E-state index contributed by atoms with van der Waals surface area (Å²) < 4.78 is 91.9. The minimum Gasteiger partial charge on any atom is -0.481 e. The van der Waals surface area contributed by atoms with Crippen LogP contribution < -0.4 is 4.72 Å². The molecule has 0 amide bonds. The Bertz CT molecular complexity index is 1010. The summed E-state index contributed by atoms with van der Waals surface area (Å²) >= 11 is 0. The number of halogens is 5. The van der Waals surface area contributed by atoms with Crippen molar-refractivity contribution in [3.05, 3.63) is 65.7 Å². The maximum absolute atomic E-state index is 13.3. The van der Waals surface area contributed by atoms with Gasteiger partial charge in [0.2, 0.25) is 10.0 Å². The lowest BCUT2D eigenvalue weighted by Gasteiger charge is -2.23. The van der Waals surface area contributed by atoms with Crippen LogP contribution in [0.1, 0.15) is 49.3 Å². The van der Waals surface area contributed by atoms with Crippen molar-refractivity contribution in [1.82, 2.24) is 4.72 Å². The molecular weight excluding hydrogens is 469 g/mol. The van der Waals surface area contributed by atoms with Gasteiger partial charge in [-0.05, 0) is 48.9 Å². The normalized spacial score (nSPS) is 13.6. The number of alkyl halides is 5. The lowest BCUT2D eigenvalue weighted by Crippen LogP contribution is -2.36. The third kappa shape index (κ3) is 8.08. The predicted molar refractivity (Wildman–Crippen MR) is 111 cm³/mol. The van der Waals surface area contributed by atoms with Gasteiger partial charge in [0.25, 0.3) is 0 Å². The molecule has 0 saturated heterocycles. The Morgan fingerprint density at radius 3 is 2.09 bits per heavy atom. The fourth-order valence-electron chi connectivity index (χ4n) is 3.18. The molecule has 182 valence electrons. The third-order valence-corrected chi connectivity index (χ3v) is 6.47. The summed E-state index contributed by atoms with van der Waals surface area (Å²) in [5.41, 5.74) is 1.18. The summed E-state index contributed by atoms with van der Waals surface area (Å²) in [6.45, 7) is 0. The summed E-state index contributed by atoms with van der Waals surface area (Å²) in [7, 11) is -4.06. The zero-order chi connectivity index (χ0) is 24.7. The number of carbonyl (C=O) groups is 1. The molecule has 0 aliphatic rings. The van der Waals surface area contributed by atoms with Crippen molar-refractivity contribution in [2.75, 3.05) is 0 Å². The molecule has 0 spiro atoms. The fraction of sp³-hybridized carbons (Fsp3) is 0.409. The van der Waals surface area contributed by atoms with Gasteiger partial charge < -0.3 is 5.11 Å². The van der Waals surface area contributed by atoms with Crippen LogP contribution in [0.5, 0.6) is 0 Å². The second kappa shape index (κ2) is 11.1. The largest absolute Gasteiger partial charge is 0.481 e. The summed E-state index contributed by atoms with van der Waals surface area (Å²) in [6, 6.07) is 12.6. The fourth-order valence-corrected chi connectivity index (χ4v) is 4.46. The number of sulfonamides is 1. The van der Waals surface area contributed by atoms with Gasteiger partial charge in [-0.15, -0.1) is 0 Å². The van der Waals surface area contributed by atoms with Crippen LogP contribution in [0.2, 0.25) is 0 Å². The van der Waals surface area contributed by atoms with Crippen LogP contribution in [-0.4, -0.2) is 31.6 Å². The Labute approximate surface area is 188 Å². The highest BCUT2D eigenvalue weighted by molar-refractivity contribution is 7.89. The second-order valence-electron chi connectivity index (χ2n) is 7.57. The first-order valence-electron chi connectivity index (χ1n) is 10.1. The molecule has 2 N–H and O–H groups in total. The monoisotopic (exact) mass is 493 g/mol. The number of benzene rings is 2. The summed E-state index contributed by atoms with van der Waals surface area (Å²) in [5, 5.41) is 8.71. The molecule has 1 unspecified atom stereocenters. The zero-order valence-electron chi connectivity index (χ0n) is 17.5. The molecule has 2 aromatic carbocycles. The summed E-state index contributed by atoms with van der Waals surface area (Å²) in [5.74, 6) is -5.80. The Balaban J connectivity index is 2.19. The van der Waals surface area contributed by atoms with E-state index in [2.05, 4.69) is 4.72 Å². The molecule has 0 aromatic heterocycles. The number of aliphatic carboxylic acids is 1. The van der Waals surface area contributed by atoms with Crippen molar-refractivity contribution in [3.8, 4) is 0 Å². The molecular formula is C22H24F5NO4S. The molecule has 11 heteroatoms. The molecule has 0 heterocycles. The quantitative estimate of drug-likeness (QED) is 0.384. The summed E-state index contributed by atoms with van der Waals surface area (Å²) in [4.78, 5) is 10.6. The van der Waals surface area contributed by atoms with Crippen LogP contribution in [0.25, 0.3) is 0 Å². The highest BCUT2D eigenvalue weighted by atomic mass is 32.2. The molecule has 1 atom stereocenters. The Morgan fingerprint density at radius 1 is 0.939 bits per heavy atom. The van der Waals surface area contributed by atoms with Gasteiger partial charge in [0.05, 0.1) is 4.90 Å². The van der Waals surface area contributed by atoms with Crippen molar-refractivity contribution in [2.24, 2.45) is 0 Å². The van der Waals surface area contributed by atoms with E-state index in [0.29, 0.717) is 18.4 Å². The van der Waals surface area contributed by atoms with Crippen LogP contribution in [0.4, 0.5) is 22.0 Å². The number of nitrogens with one attached hydrogen (secondary N) is 1. The molecule has 0 saturated carbocycles. The van der Waals surface area contributed by atoms with E-state index in [9.17, 15) is 35.2 Å².